The highest BCUT2D eigenvalue weighted by molar-refractivity contribution is 5.79. The number of ether oxygens (including phenoxy) is 1. The lowest BCUT2D eigenvalue weighted by atomic mass is 9.99. The molecule has 20 heavy (non-hydrogen) atoms. The highest BCUT2D eigenvalue weighted by Crippen LogP contribution is 2.25. The van der Waals surface area contributed by atoms with Crippen molar-refractivity contribution in [1.29, 1.82) is 0 Å². The zero-order chi connectivity index (χ0) is 13.8. The van der Waals surface area contributed by atoms with Gasteiger partial charge in [-0.25, -0.2) is 0 Å². The summed E-state index contributed by atoms with van der Waals surface area (Å²) < 4.78 is 5.41. The molecule has 0 bridgehead atoms. The van der Waals surface area contributed by atoms with E-state index in [4.69, 9.17) is 4.74 Å². The molecule has 0 aliphatic carbocycles. The normalized spacial score (nSPS) is 15.1. The molecule has 0 radical (unpaired) electrons. The summed E-state index contributed by atoms with van der Waals surface area (Å²) in [5.74, 6) is 0. The van der Waals surface area contributed by atoms with Crippen LogP contribution in [0.3, 0.4) is 0 Å². The minimum Gasteiger partial charge on any atom is -0.378 e. The van der Waals surface area contributed by atoms with Crippen LogP contribution in [0.5, 0.6) is 0 Å². The van der Waals surface area contributed by atoms with Gasteiger partial charge in [0.25, 0.3) is 0 Å². The van der Waals surface area contributed by atoms with E-state index in [2.05, 4.69) is 47.9 Å². The topological polar surface area (TPSA) is 12.5 Å². The molecule has 0 amide bonds. The summed E-state index contributed by atoms with van der Waals surface area (Å²) in [6.07, 6.45) is 0. The fourth-order valence-corrected chi connectivity index (χ4v) is 2.52. The number of benzene rings is 2. The first-order chi connectivity index (χ1) is 9.84. The van der Waals surface area contributed by atoms with Gasteiger partial charge in [-0.2, -0.15) is 0 Å². The van der Waals surface area contributed by atoms with E-state index in [1.165, 1.54) is 16.8 Å². The van der Waals surface area contributed by atoms with Crippen molar-refractivity contribution in [1.82, 2.24) is 0 Å². The molecule has 2 nitrogen and oxygen atoms in total. The molecule has 0 atom stereocenters. The molecule has 2 heteroatoms. The molecule has 0 N–H and O–H groups in total. The van der Waals surface area contributed by atoms with E-state index in [0.29, 0.717) is 0 Å². The van der Waals surface area contributed by atoms with Gasteiger partial charge in [-0.1, -0.05) is 49.0 Å². The Morgan fingerprint density at radius 2 is 1.60 bits per heavy atom. The average Bonchev–Trinajstić information content (AvgIpc) is 2.56. The minimum absolute atomic E-state index is 0.809. The molecule has 3 rings (SSSR count). The van der Waals surface area contributed by atoms with Gasteiger partial charge in [-0.3, -0.25) is 0 Å². The Morgan fingerprint density at radius 1 is 0.900 bits per heavy atom. The molecule has 0 spiro atoms. The summed E-state index contributed by atoms with van der Waals surface area (Å²) in [6, 6.07) is 18.9. The van der Waals surface area contributed by atoms with Crippen LogP contribution in [0.1, 0.15) is 11.1 Å². The van der Waals surface area contributed by atoms with Gasteiger partial charge in [0.1, 0.15) is 0 Å². The molecule has 1 fully saturated rings. The van der Waals surface area contributed by atoms with Crippen LogP contribution in [-0.2, 0) is 4.74 Å². The fraction of sp³-hybridized carbons (Fsp3) is 0.222. The Balaban J connectivity index is 1.85. The molecule has 1 aliphatic rings. The molecule has 2 aromatic carbocycles. The molecule has 0 saturated carbocycles. The Morgan fingerprint density at radius 3 is 2.35 bits per heavy atom. The average molecular weight is 265 g/mol. The maximum atomic E-state index is 5.41. The molecule has 1 saturated heterocycles. The standard InChI is InChI=1S/C18H19NO/c1-15(16-6-3-2-4-7-16)17-8-5-9-18(14-17)19-10-12-20-13-11-19/h2-9,14H,1,10-13H2. The Bertz CT molecular complexity index is 585. The predicted molar refractivity (Wildman–Crippen MR) is 84.1 cm³/mol. The van der Waals surface area contributed by atoms with Gasteiger partial charge >= 0.3 is 0 Å². The molecule has 102 valence electrons. The molecule has 0 aromatic heterocycles. The second-order valence-corrected chi connectivity index (χ2v) is 4.99. The molecule has 0 unspecified atom stereocenters. The zero-order valence-corrected chi connectivity index (χ0v) is 11.6. The molecule has 2 aromatic rings. The van der Waals surface area contributed by atoms with Gasteiger partial charge in [0.15, 0.2) is 0 Å². The summed E-state index contributed by atoms with van der Waals surface area (Å²) in [6.45, 7) is 7.78. The number of hydrogen-bond acceptors (Lipinski definition) is 2. The summed E-state index contributed by atoms with van der Waals surface area (Å²) in [5, 5.41) is 0. The van der Waals surface area contributed by atoms with Crippen LogP contribution in [-0.4, -0.2) is 26.3 Å². The SMILES string of the molecule is C=C(c1ccccc1)c1cccc(N2CCOCC2)c1. The van der Waals surface area contributed by atoms with Crippen molar-refractivity contribution in [2.75, 3.05) is 31.2 Å². The summed E-state index contributed by atoms with van der Waals surface area (Å²) in [4.78, 5) is 2.37. The maximum absolute atomic E-state index is 5.41. The fourth-order valence-electron chi connectivity index (χ4n) is 2.52. The first kappa shape index (κ1) is 12.9. The Hall–Kier alpha value is -2.06. The van der Waals surface area contributed by atoms with E-state index >= 15 is 0 Å². The van der Waals surface area contributed by atoms with Gasteiger partial charge < -0.3 is 9.64 Å². The quantitative estimate of drug-likeness (QED) is 0.841. The van der Waals surface area contributed by atoms with E-state index in [1.807, 2.05) is 18.2 Å². The lowest BCUT2D eigenvalue weighted by Crippen LogP contribution is -2.36. The smallest absolute Gasteiger partial charge is 0.0642 e. The highest BCUT2D eigenvalue weighted by atomic mass is 16.5. The lowest BCUT2D eigenvalue weighted by Gasteiger charge is -2.29. The van der Waals surface area contributed by atoms with Crippen LogP contribution in [0.4, 0.5) is 5.69 Å². The highest BCUT2D eigenvalue weighted by Gasteiger charge is 2.12. The number of morpholine rings is 1. The number of hydrogen-bond donors (Lipinski definition) is 0. The first-order valence-corrected chi connectivity index (χ1v) is 7.02. The van der Waals surface area contributed by atoms with Crippen LogP contribution in [0.15, 0.2) is 61.2 Å². The Kier molecular flexibility index (Phi) is 3.84. The minimum atomic E-state index is 0.809. The van der Waals surface area contributed by atoms with Crippen LogP contribution in [0.2, 0.25) is 0 Å². The second-order valence-electron chi connectivity index (χ2n) is 4.99. The van der Waals surface area contributed by atoms with Crippen molar-refractivity contribution in [3.05, 3.63) is 72.3 Å². The van der Waals surface area contributed by atoms with Crippen molar-refractivity contribution in [2.45, 2.75) is 0 Å². The van der Waals surface area contributed by atoms with Crippen molar-refractivity contribution in [2.24, 2.45) is 0 Å². The van der Waals surface area contributed by atoms with Crippen molar-refractivity contribution >= 4 is 11.3 Å². The lowest BCUT2D eigenvalue weighted by molar-refractivity contribution is 0.122. The van der Waals surface area contributed by atoms with Crippen molar-refractivity contribution in [3.8, 4) is 0 Å². The van der Waals surface area contributed by atoms with Gasteiger partial charge in [0, 0.05) is 18.8 Å². The second kappa shape index (κ2) is 5.93. The van der Waals surface area contributed by atoms with Gasteiger partial charge in [-0.15, -0.1) is 0 Å². The molecular weight excluding hydrogens is 246 g/mol. The third-order valence-corrected chi connectivity index (χ3v) is 3.69. The largest absolute Gasteiger partial charge is 0.378 e. The number of anilines is 1. The summed E-state index contributed by atoms with van der Waals surface area (Å²) in [5.41, 5.74) is 4.68. The van der Waals surface area contributed by atoms with Crippen LogP contribution < -0.4 is 4.90 Å². The predicted octanol–water partition coefficient (Wildman–Crippen LogP) is 3.58. The summed E-state index contributed by atoms with van der Waals surface area (Å²) >= 11 is 0. The first-order valence-electron chi connectivity index (χ1n) is 7.02. The summed E-state index contributed by atoms with van der Waals surface area (Å²) in [7, 11) is 0. The van der Waals surface area contributed by atoms with E-state index < -0.39 is 0 Å². The number of rotatable bonds is 3. The van der Waals surface area contributed by atoms with E-state index in [-0.39, 0.29) is 0 Å². The molecule has 1 heterocycles. The Labute approximate surface area is 120 Å². The van der Waals surface area contributed by atoms with Gasteiger partial charge in [0.2, 0.25) is 0 Å². The van der Waals surface area contributed by atoms with Crippen molar-refractivity contribution < 1.29 is 4.74 Å². The van der Waals surface area contributed by atoms with Crippen LogP contribution in [0, 0.1) is 0 Å². The van der Waals surface area contributed by atoms with Crippen molar-refractivity contribution in [3.63, 3.8) is 0 Å². The third-order valence-electron chi connectivity index (χ3n) is 3.69. The molecular formula is C18H19NO. The zero-order valence-electron chi connectivity index (χ0n) is 11.6. The monoisotopic (exact) mass is 265 g/mol. The van der Waals surface area contributed by atoms with Gasteiger partial charge in [-0.05, 0) is 28.8 Å². The van der Waals surface area contributed by atoms with Crippen LogP contribution in [0.25, 0.3) is 5.57 Å². The van der Waals surface area contributed by atoms with Gasteiger partial charge in [0.05, 0.1) is 13.2 Å². The van der Waals surface area contributed by atoms with E-state index in [9.17, 15) is 0 Å². The van der Waals surface area contributed by atoms with E-state index in [1.54, 1.807) is 0 Å². The van der Waals surface area contributed by atoms with Crippen LogP contribution >= 0.6 is 0 Å². The van der Waals surface area contributed by atoms with E-state index in [0.717, 1.165) is 31.9 Å². The molecule has 1 aliphatic heterocycles. The maximum Gasteiger partial charge on any atom is 0.0642 e. The third kappa shape index (κ3) is 2.75. The number of nitrogens with zero attached hydrogens (tertiary/aromatic N) is 1.